The zero-order chi connectivity index (χ0) is 22.1. The maximum atomic E-state index is 13.5. The van der Waals surface area contributed by atoms with E-state index in [4.69, 9.17) is 9.47 Å². The van der Waals surface area contributed by atoms with Crippen LogP contribution < -0.4 is 4.74 Å². The number of benzene rings is 2. The van der Waals surface area contributed by atoms with E-state index in [1.807, 2.05) is 56.0 Å². The Labute approximate surface area is 184 Å². The van der Waals surface area contributed by atoms with Crippen molar-refractivity contribution in [2.75, 3.05) is 20.2 Å². The molecule has 0 N–H and O–H groups in total. The number of hydrogen-bond acceptors (Lipinski definition) is 3. The van der Waals surface area contributed by atoms with Crippen LogP contribution in [0.3, 0.4) is 0 Å². The van der Waals surface area contributed by atoms with Crippen LogP contribution >= 0.6 is 0 Å². The van der Waals surface area contributed by atoms with Gasteiger partial charge < -0.3 is 18.9 Å². The predicted molar refractivity (Wildman–Crippen MR) is 123 cm³/mol. The van der Waals surface area contributed by atoms with Crippen LogP contribution in [0.1, 0.15) is 35.5 Å². The molecule has 0 spiro atoms. The number of carbonyl (C=O) groups is 1. The van der Waals surface area contributed by atoms with E-state index in [0.717, 1.165) is 34.0 Å². The Bertz CT molecular complexity index is 1060. The predicted octanol–water partition coefficient (Wildman–Crippen LogP) is 5.02. The molecule has 4 rings (SSSR count). The highest BCUT2D eigenvalue weighted by Gasteiger charge is 2.29. The summed E-state index contributed by atoms with van der Waals surface area (Å²) in [5, 5.41) is 0. The highest BCUT2D eigenvalue weighted by molar-refractivity contribution is 5.97. The number of nitrogens with zero attached hydrogens (tertiary/aromatic N) is 2. The summed E-state index contributed by atoms with van der Waals surface area (Å²) in [4.78, 5) is 15.4. The van der Waals surface area contributed by atoms with Gasteiger partial charge in [0.1, 0.15) is 5.75 Å². The summed E-state index contributed by atoms with van der Waals surface area (Å²) < 4.78 is 13.3. The second-order valence-corrected chi connectivity index (χ2v) is 8.40. The first-order valence-electron chi connectivity index (χ1n) is 10.8. The summed E-state index contributed by atoms with van der Waals surface area (Å²) in [6.45, 7) is 9.35. The van der Waals surface area contributed by atoms with Crippen LogP contribution in [0, 0.1) is 13.8 Å². The molecule has 0 saturated carbocycles. The second-order valence-electron chi connectivity index (χ2n) is 8.40. The topological polar surface area (TPSA) is 43.7 Å². The summed E-state index contributed by atoms with van der Waals surface area (Å²) in [5.41, 5.74) is 5.93. The van der Waals surface area contributed by atoms with Crippen LogP contribution in [0.2, 0.25) is 0 Å². The maximum absolute atomic E-state index is 13.5. The average Bonchev–Trinajstić information content (AvgIpc) is 3.10. The molecule has 1 saturated heterocycles. The Hall–Kier alpha value is -3.05. The molecule has 31 heavy (non-hydrogen) atoms. The van der Waals surface area contributed by atoms with Crippen molar-refractivity contribution in [3.63, 3.8) is 0 Å². The summed E-state index contributed by atoms with van der Waals surface area (Å²) >= 11 is 0. The lowest BCUT2D eigenvalue weighted by Gasteiger charge is -2.35. The number of amides is 1. The lowest BCUT2D eigenvalue weighted by molar-refractivity contribution is -0.0586. The average molecular weight is 419 g/mol. The van der Waals surface area contributed by atoms with Crippen LogP contribution in [-0.2, 0) is 4.74 Å². The first kappa shape index (κ1) is 21.2. The van der Waals surface area contributed by atoms with Crippen molar-refractivity contribution >= 4 is 5.91 Å². The van der Waals surface area contributed by atoms with E-state index < -0.39 is 0 Å². The number of ether oxygens (including phenoxy) is 2. The van der Waals surface area contributed by atoms with Gasteiger partial charge in [-0.05, 0) is 75.7 Å². The summed E-state index contributed by atoms with van der Waals surface area (Å²) in [7, 11) is 1.66. The fourth-order valence-corrected chi connectivity index (χ4v) is 4.34. The Morgan fingerprint density at radius 2 is 1.58 bits per heavy atom. The molecule has 1 fully saturated rings. The summed E-state index contributed by atoms with van der Waals surface area (Å²) in [6, 6.07) is 18.4. The zero-order valence-electron chi connectivity index (χ0n) is 18.9. The smallest absolute Gasteiger partial charge is 0.255 e. The van der Waals surface area contributed by atoms with Gasteiger partial charge in [0.05, 0.1) is 30.6 Å². The van der Waals surface area contributed by atoms with Gasteiger partial charge in [-0.25, -0.2) is 0 Å². The normalized spacial score (nSPS) is 18.8. The summed E-state index contributed by atoms with van der Waals surface area (Å²) in [6.07, 6.45) is 0.0708. The molecule has 1 aromatic heterocycles. The zero-order valence-corrected chi connectivity index (χ0v) is 18.9. The molecular weight excluding hydrogens is 388 g/mol. The fraction of sp³-hybridized carbons (Fsp3) is 0.346. The molecule has 0 radical (unpaired) electrons. The Balaban J connectivity index is 1.81. The van der Waals surface area contributed by atoms with Gasteiger partial charge in [-0.3, -0.25) is 4.79 Å². The highest BCUT2D eigenvalue weighted by atomic mass is 16.5. The van der Waals surface area contributed by atoms with E-state index in [0.29, 0.717) is 13.1 Å². The standard InChI is InChI=1S/C26H30N2O3/c1-17-6-10-22(11-7-17)28-20(4)24(26(29)27-15-18(2)31-19(3)16-27)14-25(28)21-8-12-23(30-5)13-9-21/h6-14,18-19H,15-16H2,1-5H3. The van der Waals surface area contributed by atoms with Crippen LogP contribution in [0.15, 0.2) is 54.6 Å². The maximum Gasteiger partial charge on any atom is 0.255 e. The monoisotopic (exact) mass is 418 g/mol. The van der Waals surface area contributed by atoms with Crippen molar-refractivity contribution in [2.24, 2.45) is 0 Å². The molecule has 1 amide bonds. The third-order valence-electron chi connectivity index (χ3n) is 5.86. The minimum absolute atomic E-state index is 0.0354. The van der Waals surface area contributed by atoms with E-state index in [-0.39, 0.29) is 18.1 Å². The lowest BCUT2D eigenvalue weighted by atomic mass is 10.1. The molecule has 2 heterocycles. The molecule has 2 aromatic carbocycles. The third-order valence-corrected chi connectivity index (χ3v) is 5.86. The van der Waals surface area contributed by atoms with Gasteiger partial charge >= 0.3 is 0 Å². The molecule has 5 heteroatoms. The molecule has 1 aliphatic heterocycles. The largest absolute Gasteiger partial charge is 0.497 e. The number of carbonyl (C=O) groups excluding carboxylic acids is 1. The van der Waals surface area contributed by atoms with Gasteiger partial charge in [-0.2, -0.15) is 0 Å². The lowest BCUT2D eigenvalue weighted by Crippen LogP contribution is -2.48. The molecule has 3 aromatic rings. The van der Waals surface area contributed by atoms with Crippen molar-refractivity contribution in [1.29, 1.82) is 0 Å². The second kappa shape index (κ2) is 8.60. The number of morpholine rings is 1. The first-order valence-corrected chi connectivity index (χ1v) is 10.8. The van der Waals surface area contributed by atoms with E-state index in [2.05, 4.69) is 35.8 Å². The molecule has 2 atom stereocenters. The number of methoxy groups -OCH3 is 1. The van der Waals surface area contributed by atoms with Gasteiger partial charge in [-0.15, -0.1) is 0 Å². The third kappa shape index (κ3) is 4.23. The molecule has 2 unspecified atom stereocenters. The molecule has 0 bridgehead atoms. The van der Waals surface area contributed by atoms with Gasteiger partial charge in [0.15, 0.2) is 0 Å². The van der Waals surface area contributed by atoms with Gasteiger partial charge in [0.25, 0.3) is 5.91 Å². The van der Waals surface area contributed by atoms with Gasteiger partial charge in [0, 0.05) is 24.5 Å². The molecule has 0 aliphatic carbocycles. The number of aromatic nitrogens is 1. The minimum atomic E-state index is 0.0354. The van der Waals surface area contributed by atoms with Crippen LogP contribution in [0.5, 0.6) is 5.75 Å². The fourth-order valence-electron chi connectivity index (χ4n) is 4.34. The van der Waals surface area contributed by atoms with Crippen LogP contribution in [0.25, 0.3) is 16.9 Å². The number of aryl methyl sites for hydroxylation is 1. The van der Waals surface area contributed by atoms with Crippen molar-refractivity contribution in [3.8, 4) is 22.7 Å². The Morgan fingerprint density at radius 1 is 0.968 bits per heavy atom. The Kier molecular flexibility index (Phi) is 5.88. The Morgan fingerprint density at radius 3 is 2.16 bits per heavy atom. The molecular formula is C26H30N2O3. The summed E-state index contributed by atoms with van der Waals surface area (Å²) in [5.74, 6) is 0.863. The highest BCUT2D eigenvalue weighted by Crippen LogP contribution is 2.32. The van der Waals surface area contributed by atoms with Crippen molar-refractivity contribution in [2.45, 2.75) is 39.9 Å². The van der Waals surface area contributed by atoms with E-state index >= 15 is 0 Å². The van der Waals surface area contributed by atoms with E-state index in [1.54, 1.807) is 7.11 Å². The quantitative estimate of drug-likeness (QED) is 0.598. The molecule has 162 valence electrons. The molecule has 5 nitrogen and oxygen atoms in total. The number of hydrogen-bond donors (Lipinski definition) is 0. The van der Waals surface area contributed by atoms with Crippen molar-refractivity contribution < 1.29 is 14.3 Å². The van der Waals surface area contributed by atoms with Crippen LogP contribution in [0.4, 0.5) is 0 Å². The molecule has 1 aliphatic rings. The van der Waals surface area contributed by atoms with Crippen LogP contribution in [-0.4, -0.2) is 47.8 Å². The SMILES string of the molecule is COc1ccc(-c2cc(C(=O)N3CC(C)OC(C)C3)c(C)n2-c2ccc(C)cc2)cc1. The first-order chi connectivity index (χ1) is 14.9. The van der Waals surface area contributed by atoms with Crippen molar-refractivity contribution in [3.05, 3.63) is 71.4 Å². The van der Waals surface area contributed by atoms with Gasteiger partial charge in [0.2, 0.25) is 0 Å². The van der Waals surface area contributed by atoms with Gasteiger partial charge in [-0.1, -0.05) is 17.7 Å². The minimum Gasteiger partial charge on any atom is -0.497 e. The van der Waals surface area contributed by atoms with E-state index in [9.17, 15) is 4.79 Å². The number of rotatable bonds is 4. The van der Waals surface area contributed by atoms with E-state index in [1.165, 1.54) is 5.56 Å². The van der Waals surface area contributed by atoms with Crippen molar-refractivity contribution in [1.82, 2.24) is 9.47 Å².